The number of hydrogen-bond acceptors (Lipinski definition) is 3. The molecule has 0 bridgehead atoms. The van der Waals surface area contributed by atoms with Gasteiger partial charge in [-0.25, -0.2) is 0 Å². The Kier molecular flexibility index (Phi) is 5.44. The molecular formula is C17H21NO2. The SMILES string of the molecule is CNCc1ccc(OCCc2ccc(OC)cc2)cc1. The summed E-state index contributed by atoms with van der Waals surface area (Å²) in [6.45, 7) is 1.56. The number of rotatable bonds is 7. The summed E-state index contributed by atoms with van der Waals surface area (Å²) in [6.07, 6.45) is 0.891. The van der Waals surface area contributed by atoms with Gasteiger partial charge in [0.1, 0.15) is 11.5 Å². The topological polar surface area (TPSA) is 30.5 Å². The third-order valence-electron chi connectivity index (χ3n) is 3.12. The summed E-state index contributed by atoms with van der Waals surface area (Å²) in [6, 6.07) is 16.3. The Balaban J connectivity index is 1.79. The van der Waals surface area contributed by atoms with Crippen molar-refractivity contribution in [3.63, 3.8) is 0 Å². The second-order valence-electron chi connectivity index (χ2n) is 4.62. The number of benzene rings is 2. The second kappa shape index (κ2) is 7.56. The van der Waals surface area contributed by atoms with Crippen LogP contribution in [0.2, 0.25) is 0 Å². The maximum atomic E-state index is 5.75. The van der Waals surface area contributed by atoms with Crippen LogP contribution in [0.4, 0.5) is 0 Å². The summed E-state index contributed by atoms with van der Waals surface area (Å²) in [7, 11) is 3.62. The van der Waals surface area contributed by atoms with Gasteiger partial charge in [-0.1, -0.05) is 24.3 Å². The van der Waals surface area contributed by atoms with Crippen molar-refractivity contribution in [1.82, 2.24) is 5.32 Å². The minimum absolute atomic E-state index is 0.678. The molecule has 2 rings (SSSR count). The van der Waals surface area contributed by atoms with Crippen LogP contribution in [-0.2, 0) is 13.0 Å². The summed E-state index contributed by atoms with van der Waals surface area (Å²) in [5, 5.41) is 3.13. The van der Waals surface area contributed by atoms with E-state index in [1.165, 1.54) is 11.1 Å². The average molecular weight is 271 g/mol. The van der Waals surface area contributed by atoms with Crippen LogP contribution in [0.15, 0.2) is 48.5 Å². The van der Waals surface area contributed by atoms with E-state index in [9.17, 15) is 0 Å². The van der Waals surface area contributed by atoms with Gasteiger partial charge in [0.05, 0.1) is 13.7 Å². The molecule has 0 aliphatic heterocycles. The van der Waals surface area contributed by atoms with Gasteiger partial charge in [0.25, 0.3) is 0 Å². The van der Waals surface area contributed by atoms with Gasteiger partial charge in [-0.05, 0) is 42.4 Å². The Morgan fingerprint density at radius 1 is 0.850 bits per heavy atom. The third-order valence-corrected chi connectivity index (χ3v) is 3.12. The zero-order valence-electron chi connectivity index (χ0n) is 12.1. The maximum Gasteiger partial charge on any atom is 0.119 e. The van der Waals surface area contributed by atoms with Gasteiger partial charge in [-0.15, -0.1) is 0 Å². The molecule has 0 fully saturated rings. The highest BCUT2D eigenvalue weighted by atomic mass is 16.5. The highest BCUT2D eigenvalue weighted by Crippen LogP contribution is 2.14. The van der Waals surface area contributed by atoms with Crippen LogP contribution in [-0.4, -0.2) is 20.8 Å². The Morgan fingerprint density at radius 3 is 2.05 bits per heavy atom. The molecule has 106 valence electrons. The Labute approximate surface area is 120 Å². The van der Waals surface area contributed by atoms with Crippen molar-refractivity contribution in [3.8, 4) is 11.5 Å². The largest absolute Gasteiger partial charge is 0.497 e. The van der Waals surface area contributed by atoms with Gasteiger partial charge < -0.3 is 14.8 Å². The van der Waals surface area contributed by atoms with Crippen LogP contribution >= 0.6 is 0 Å². The van der Waals surface area contributed by atoms with E-state index in [1.54, 1.807) is 7.11 Å². The van der Waals surface area contributed by atoms with Crippen LogP contribution in [0, 0.1) is 0 Å². The predicted octanol–water partition coefficient (Wildman–Crippen LogP) is 3.04. The van der Waals surface area contributed by atoms with E-state index in [1.807, 2.05) is 31.3 Å². The molecule has 3 nitrogen and oxygen atoms in total. The molecule has 0 atom stereocenters. The van der Waals surface area contributed by atoms with E-state index >= 15 is 0 Å². The van der Waals surface area contributed by atoms with Gasteiger partial charge in [0.2, 0.25) is 0 Å². The number of hydrogen-bond donors (Lipinski definition) is 1. The highest BCUT2D eigenvalue weighted by molar-refractivity contribution is 5.28. The lowest BCUT2D eigenvalue weighted by molar-refractivity contribution is 0.321. The van der Waals surface area contributed by atoms with Crippen LogP contribution in [0.5, 0.6) is 11.5 Å². The fourth-order valence-electron chi connectivity index (χ4n) is 1.99. The fourth-order valence-corrected chi connectivity index (χ4v) is 1.99. The van der Waals surface area contributed by atoms with E-state index in [-0.39, 0.29) is 0 Å². The predicted molar refractivity (Wildman–Crippen MR) is 81.4 cm³/mol. The van der Waals surface area contributed by atoms with Crippen molar-refractivity contribution < 1.29 is 9.47 Å². The molecule has 0 aliphatic rings. The average Bonchev–Trinajstić information content (AvgIpc) is 2.50. The lowest BCUT2D eigenvalue weighted by Crippen LogP contribution is -2.05. The van der Waals surface area contributed by atoms with Gasteiger partial charge in [-0.2, -0.15) is 0 Å². The lowest BCUT2D eigenvalue weighted by Gasteiger charge is -2.08. The Morgan fingerprint density at radius 2 is 1.45 bits per heavy atom. The van der Waals surface area contributed by atoms with Crippen molar-refractivity contribution in [1.29, 1.82) is 0 Å². The smallest absolute Gasteiger partial charge is 0.119 e. The molecular weight excluding hydrogens is 250 g/mol. The summed E-state index contributed by atoms with van der Waals surface area (Å²) in [5.74, 6) is 1.80. The summed E-state index contributed by atoms with van der Waals surface area (Å²) < 4.78 is 10.9. The van der Waals surface area contributed by atoms with E-state index in [4.69, 9.17) is 9.47 Å². The molecule has 0 aromatic heterocycles. The minimum atomic E-state index is 0.678. The van der Waals surface area contributed by atoms with Crippen LogP contribution < -0.4 is 14.8 Å². The molecule has 3 heteroatoms. The molecule has 2 aromatic carbocycles. The summed E-state index contributed by atoms with van der Waals surface area (Å²) in [4.78, 5) is 0. The first-order chi connectivity index (χ1) is 9.81. The van der Waals surface area contributed by atoms with E-state index < -0.39 is 0 Å². The van der Waals surface area contributed by atoms with Crippen molar-refractivity contribution in [2.24, 2.45) is 0 Å². The van der Waals surface area contributed by atoms with Crippen molar-refractivity contribution in [2.75, 3.05) is 20.8 Å². The second-order valence-corrected chi connectivity index (χ2v) is 4.62. The monoisotopic (exact) mass is 271 g/mol. The van der Waals surface area contributed by atoms with Crippen molar-refractivity contribution in [3.05, 3.63) is 59.7 Å². The molecule has 0 unspecified atom stereocenters. The standard InChI is InChI=1S/C17H21NO2/c1-18-13-15-5-9-17(10-6-15)20-12-11-14-3-7-16(19-2)8-4-14/h3-10,18H,11-13H2,1-2H3. The van der Waals surface area contributed by atoms with E-state index in [2.05, 4.69) is 29.6 Å². The van der Waals surface area contributed by atoms with Crippen LogP contribution in [0.25, 0.3) is 0 Å². The third kappa shape index (κ3) is 4.28. The minimum Gasteiger partial charge on any atom is -0.497 e. The van der Waals surface area contributed by atoms with Crippen molar-refractivity contribution >= 4 is 0 Å². The molecule has 20 heavy (non-hydrogen) atoms. The molecule has 0 amide bonds. The molecule has 0 radical (unpaired) electrons. The maximum absolute atomic E-state index is 5.75. The van der Waals surface area contributed by atoms with Crippen molar-refractivity contribution in [2.45, 2.75) is 13.0 Å². The zero-order chi connectivity index (χ0) is 14.2. The first-order valence-electron chi connectivity index (χ1n) is 6.81. The highest BCUT2D eigenvalue weighted by Gasteiger charge is 1.97. The molecule has 0 aliphatic carbocycles. The molecule has 0 spiro atoms. The summed E-state index contributed by atoms with van der Waals surface area (Å²) in [5.41, 5.74) is 2.51. The van der Waals surface area contributed by atoms with Gasteiger partial charge >= 0.3 is 0 Å². The zero-order valence-corrected chi connectivity index (χ0v) is 12.1. The molecule has 1 N–H and O–H groups in total. The molecule has 0 saturated heterocycles. The first-order valence-corrected chi connectivity index (χ1v) is 6.81. The molecule has 2 aromatic rings. The fraction of sp³-hybridized carbons (Fsp3) is 0.294. The first kappa shape index (κ1) is 14.4. The molecule has 0 heterocycles. The summed E-state index contributed by atoms with van der Waals surface area (Å²) >= 11 is 0. The van der Waals surface area contributed by atoms with E-state index in [0.29, 0.717) is 6.61 Å². The van der Waals surface area contributed by atoms with Gasteiger partial charge in [0.15, 0.2) is 0 Å². The number of methoxy groups -OCH3 is 1. The van der Waals surface area contributed by atoms with Gasteiger partial charge in [0, 0.05) is 13.0 Å². The van der Waals surface area contributed by atoms with Crippen LogP contribution in [0.3, 0.4) is 0 Å². The number of nitrogens with one attached hydrogen (secondary N) is 1. The Hall–Kier alpha value is -2.00. The normalized spacial score (nSPS) is 10.3. The Bertz CT molecular complexity index is 506. The van der Waals surface area contributed by atoms with Gasteiger partial charge in [-0.3, -0.25) is 0 Å². The van der Waals surface area contributed by atoms with E-state index in [0.717, 1.165) is 24.5 Å². The van der Waals surface area contributed by atoms with Crippen LogP contribution in [0.1, 0.15) is 11.1 Å². The lowest BCUT2D eigenvalue weighted by atomic mass is 10.1. The quantitative estimate of drug-likeness (QED) is 0.839. The molecule has 0 saturated carbocycles. The number of ether oxygens (including phenoxy) is 2.